The van der Waals surface area contributed by atoms with Gasteiger partial charge in [-0.1, -0.05) is 24.3 Å². The van der Waals surface area contributed by atoms with Crippen LogP contribution in [0.15, 0.2) is 60.7 Å². The molecule has 1 N–H and O–H groups in total. The van der Waals surface area contributed by atoms with Crippen LogP contribution in [0, 0.1) is 13.8 Å². The molecule has 4 rings (SSSR count). The molecule has 1 fully saturated rings. The minimum absolute atomic E-state index is 0.462. The Kier molecular flexibility index (Phi) is 6.10. The number of aliphatic hydroxyl groups is 1. The van der Waals surface area contributed by atoms with Crippen molar-refractivity contribution in [1.29, 1.82) is 0 Å². The van der Waals surface area contributed by atoms with Crippen molar-refractivity contribution in [2.45, 2.75) is 45.3 Å². The minimum atomic E-state index is -0.481. The SMILES string of the molecule is Cc1cc(OCCC2(O)CC2)ccc1-c1cccc(COc2ccc(C=O)cc2)c1C. The number of hydrogen-bond acceptors (Lipinski definition) is 4. The molecule has 0 aliphatic heterocycles. The van der Waals surface area contributed by atoms with Crippen LogP contribution in [0.1, 0.15) is 46.3 Å². The maximum atomic E-state index is 10.8. The molecule has 0 atom stereocenters. The quantitative estimate of drug-likeness (QED) is 0.458. The molecule has 0 spiro atoms. The monoisotopic (exact) mass is 416 g/mol. The second-order valence-corrected chi connectivity index (χ2v) is 8.36. The first-order chi connectivity index (χ1) is 15.0. The Hall–Kier alpha value is -3.11. The fourth-order valence-electron chi connectivity index (χ4n) is 3.72. The minimum Gasteiger partial charge on any atom is -0.493 e. The van der Waals surface area contributed by atoms with Crippen LogP contribution in [-0.2, 0) is 6.61 Å². The lowest BCUT2D eigenvalue weighted by Crippen LogP contribution is -2.12. The van der Waals surface area contributed by atoms with Crippen LogP contribution in [-0.4, -0.2) is 23.6 Å². The van der Waals surface area contributed by atoms with E-state index in [9.17, 15) is 9.90 Å². The van der Waals surface area contributed by atoms with Crippen molar-refractivity contribution < 1.29 is 19.4 Å². The van der Waals surface area contributed by atoms with Crippen LogP contribution in [0.4, 0.5) is 0 Å². The Morgan fingerprint density at radius 1 is 0.935 bits per heavy atom. The fourth-order valence-corrected chi connectivity index (χ4v) is 3.72. The van der Waals surface area contributed by atoms with Gasteiger partial charge in [0.2, 0.25) is 0 Å². The van der Waals surface area contributed by atoms with Crippen LogP contribution in [0.5, 0.6) is 11.5 Å². The molecular formula is C27H28O4. The predicted molar refractivity (Wildman–Crippen MR) is 122 cm³/mol. The number of benzene rings is 3. The molecule has 1 saturated carbocycles. The van der Waals surface area contributed by atoms with E-state index in [0.717, 1.165) is 41.8 Å². The number of aryl methyl sites for hydroxylation is 1. The standard InChI is InChI=1S/C27H28O4/c1-19-16-24(30-15-14-27(29)12-13-27)10-11-25(19)26-5-3-4-22(20(26)2)18-31-23-8-6-21(17-28)7-9-23/h3-11,16-17,29H,12-15,18H2,1-2H3. The van der Waals surface area contributed by atoms with Gasteiger partial charge in [-0.15, -0.1) is 0 Å². The molecule has 1 aliphatic carbocycles. The summed E-state index contributed by atoms with van der Waals surface area (Å²) < 4.78 is 11.8. The molecule has 1 aliphatic rings. The van der Waals surface area contributed by atoms with Crippen molar-refractivity contribution in [1.82, 2.24) is 0 Å². The smallest absolute Gasteiger partial charge is 0.150 e. The number of rotatable bonds is 9. The first-order valence-electron chi connectivity index (χ1n) is 10.7. The molecule has 0 saturated heterocycles. The molecule has 0 aromatic heterocycles. The Bertz CT molecular complexity index is 1070. The van der Waals surface area contributed by atoms with Gasteiger partial charge in [-0.25, -0.2) is 0 Å². The second-order valence-electron chi connectivity index (χ2n) is 8.36. The van der Waals surface area contributed by atoms with Crippen molar-refractivity contribution in [2.24, 2.45) is 0 Å². The van der Waals surface area contributed by atoms with Crippen LogP contribution >= 0.6 is 0 Å². The van der Waals surface area contributed by atoms with Gasteiger partial charge in [0.1, 0.15) is 24.4 Å². The van der Waals surface area contributed by atoms with E-state index in [4.69, 9.17) is 9.47 Å². The van der Waals surface area contributed by atoms with Gasteiger partial charge < -0.3 is 14.6 Å². The van der Waals surface area contributed by atoms with Crippen molar-refractivity contribution in [2.75, 3.05) is 6.61 Å². The van der Waals surface area contributed by atoms with Crippen molar-refractivity contribution in [3.63, 3.8) is 0 Å². The van der Waals surface area contributed by atoms with Crippen molar-refractivity contribution in [3.05, 3.63) is 82.9 Å². The highest BCUT2D eigenvalue weighted by Gasteiger charge is 2.39. The van der Waals surface area contributed by atoms with Crippen LogP contribution in [0.25, 0.3) is 11.1 Å². The third kappa shape index (κ3) is 5.15. The summed E-state index contributed by atoms with van der Waals surface area (Å²) in [6.45, 7) is 5.20. The molecule has 160 valence electrons. The van der Waals surface area contributed by atoms with Crippen LogP contribution in [0.2, 0.25) is 0 Å². The van der Waals surface area contributed by atoms with E-state index in [0.29, 0.717) is 25.2 Å². The van der Waals surface area contributed by atoms with Crippen molar-refractivity contribution >= 4 is 6.29 Å². The Balaban J connectivity index is 1.45. The van der Waals surface area contributed by atoms with E-state index in [1.807, 2.05) is 18.2 Å². The van der Waals surface area contributed by atoms with Gasteiger partial charge in [-0.2, -0.15) is 0 Å². The van der Waals surface area contributed by atoms with Gasteiger partial charge in [0.15, 0.2) is 0 Å². The largest absolute Gasteiger partial charge is 0.493 e. The van der Waals surface area contributed by atoms with E-state index in [-0.39, 0.29) is 0 Å². The summed E-state index contributed by atoms with van der Waals surface area (Å²) >= 11 is 0. The van der Waals surface area contributed by atoms with Gasteiger partial charge in [0.25, 0.3) is 0 Å². The van der Waals surface area contributed by atoms with E-state index in [1.165, 1.54) is 16.7 Å². The Morgan fingerprint density at radius 2 is 1.68 bits per heavy atom. The molecular weight excluding hydrogens is 388 g/mol. The lowest BCUT2D eigenvalue weighted by atomic mass is 9.93. The lowest BCUT2D eigenvalue weighted by molar-refractivity contribution is 0.112. The predicted octanol–water partition coefficient (Wildman–Crippen LogP) is 5.66. The molecule has 4 heteroatoms. The second kappa shape index (κ2) is 8.94. The summed E-state index contributed by atoms with van der Waals surface area (Å²) in [7, 11) is 0. The summed E-state index contributed by atoms with van der Waals surface area (Å²) in [6, 6.07) is 19.5. The number of aldehydes is 1. The molecule has 0 radical (unpaired) electrons. The number of carbonyl (C=O) groups is 1. The molecule has 0 bridgehead atoms. The third-order valence-corrected chi connectivity index (χ3v) is 6.01. The van der Waals surface area contributed by atoms with E-state index in [2.05, 4.69) is 44.2 Å². The average Bonchev–Trinajstić information content (AvgIpc) is 3.51. The normalized spacial score (nSPS) is 14.2. The summed E-state index contributed by atoms with van der Waals surface area (Å²) in [6.07, 6.45) is 3.29. The first kappa shape index (κ1) is 21.1. The zero-order valence-corrected chi connectivity index (χ0v) is 18.1. The average molecular weight is 417 g/mol. The molecule has 31 heavy (non-hydrogen) atoms. The van der Waals surface area contributed by atoms with Crippen LogP contribution < -0.4 is 9.47 Å². The van der Waals surface area contributed by atoms with E-state index >= 15 is 0 Å². The summed E-state index contributed by atoms with van der Waals surface area (Å²) in [5.41, 5.74) is 5.95. The number of carbonyl (C=O) groups excluding carboxylic acids is 1. The molecule has 4 nitrogen and oxygen atoms in total. The third-order valence-electron chi connectivity index (χ3n) is 6.01. The highest BCUT2D eigenvalue weighted by atomic mass is 16.5. The van der Waals surface area contributed by atoms with Crippen molar-refractivity contribution in [3.8, 4) is 22.6 Å². The topological polar surface area (TPSA) is 55.8 Å². The zero-order chi connectivity index (χ0) is 21.8. The first-order valence-corrected chi connectivity index (χ1v) is 10.7. The molecule has 3 aromatic rings. The van der Waals surface area contributed by atoms with E-state index in [1.54, 1.807) is 12.1 Å². The van der Waals surface area contributed by atoms with Gasteiger partial charge in [0.05, 0.1) is 12.2 Å². The molecule has 0 heterocycles. The maximum Gasteiger partial charge on any atom is 0.150 e. The van der Waals surface area contributed by atoms with Gasteiger partial charge in [-0.05, 0) is 90.9 Å². The summed E-state index contributed by atoms with van der Waals surface area (Å²) in [4.78, 5) is 10.8. The Morgan fingerprint density at radius 3 is 2.35 bits per heavy atom. The van der Waals surface area contributed by atoms with Gasteiger partial charge >= 0.3 is 0 Å². The van der Waals surface area contributed by atoms with Gasteiger partial charge in [-0.3, -0.25) is 4.79 Å². The maximum absolute atomic E-state index is 10.8. The summed E-state index contributed by atoms with van der Waals surface area (Å²) in [5.74, 6) is 1.57. The molecule has 0 unspecified atom stereocenters. The lowest BCUT2D eigenvalue weighted by Gasteiger charge is -2.16. The fraction of sp³-hybridized carbons (Fsp3) is 0.296. The number of ether oxygens (including phenoxy) is 2. The molecule has 0 amide bonds. The van der Waals surface area contributed by atoms with Crippen LogP contribution in [0.3, 0.4) is 0 Å². The highest BCUT2D eigenvalue weighted by Crippen LogP contribution is 2.38. The zero-order valence-electron chi connectivity index (χ0n) is 18.1. The Labute approximate surface area is 183 Å². The number of hydrogen-bond donors (Lipinski definition) is 1. The molecule has 3 aromatic carbocycles. The summed E-state index contributed by atoms with van der Waals surface area (Å²) in [5, 5.41) is 9.95. The highest BCUT2D eigenvalue weighted by molar-refractivity contribution is 5.75. The van der Waals surface area contributed by atoms with Gasteiger partial charge in [0, 0.05) is 12.0 Å². The van der Waals surface area contributed by atoms with E-state index < -0.39 is 5.60 Å².